The summed E-state index contributed by atoms with van der Waals surface area (Å²) in [6.45, 7) is 4.14. The highest BCUT2D eigenvalue weighted by Gasteiger charge is 2.28. The average molecular weight is 278 g/mol. The van der Waals surface area contributed by atoms with Gasteiger partial charge in [0.2, 0.25) is 5.91 Å². The Morgan fingerprint density at radius 3 is 2.89 bits per heavy atom. The van der Waals surface area contributed by atoms with Crippen LogP contribution in [0.1, 0.15) is 13.3 Å². The maximum Gasteiger partial charge on any atom is 0.226 e. The van der Waals surface area contributed by atoms with E-state index in [1.165, 1.54) is 4.90 Å². The van der Waals surface area contributed by atoms with Crippen molar-refractivity contribution in [1.82, 2.24) is 4.90 Å². The first-order chi connectivity index (χ1) is 9.20. The molecule has 2 rings (SSSR count). The second-order valence-electron chi connectivity index (χ2n) is 5.20. The van der Waals surface area contributed by atoms with Gasteiger partial charge in [-0.25, -0.2) is 0 Å². The van der Waals surface area contributed by atoms with Crippen LogP contribution < -0.4 is 5.73 Å². The second kappa shape index (κ2) is 6.96. The third-order valence-electron chi connectivity index (χ3n) is 3.60. The minimum atomic E-state index is -0.0412. The van der Waals surface area contributed by atoms with Gasteiger partial charge in [0.15, 0.2) is 0 Å². The van der Waals surface area contributed by atoms with Crippen LogP contribution in [0.15, 0.2) is 35.2 Å². The van der Waals surface area contributed by atoms with Gasteiger partial charge in [0.1, 0.15) is 0 Å². The molecule has 1 aromatic carbocycles. The molecule has 3 nitrogen and oxygen atoms in total. The molecule has 0 aliphatic carbocycles. The SMILES string of the molecule is CC(CN)C(=O)N1CCC(CSc2ccccc2)C1. The molecule has 0 radical (unpaired) electrons. The Hall–Kier alpha value is -1.00. The van der Waals surface area contributed by atoms with Crippen molar-refractivity contribution in [3.8, 4) is 0 Å². The Labute approximate surface area is 119 Å². The summed E-state index contributed by atoms with van der Waals surface area (Å²) < 4.78 is 0. The van der Waals surface area contributed by atoms with E-state index in [2.05, 4.69) is 24.3 Å². The molecule has 2 N–H and O–H groups in total. The van der Waals surface area contributed by atoms with Crippen LogP contribution in [0.3, 0.4) is 0 Å². The fourth-order valence-electron chi connectivity index (χ4n) is 2.31. The molecule has 1 fully saturated rings. The number of benzene rings is 1. The summed E-state index contributed by atoms with van der Waals surface area (Å²) in [5, 5.41) is 0. The fourth-order valence-corrected chi connectivity index (χ4v) is 3.36. The summed E-state index contributed by atoms with van der Waals surface area (Å²) in [5.41, 5.74) is 5.56. The summed E-state index contributed by atoms with van der Waals surface area (Å²) in [7, 11) is 0. The van der Waals surface area contributed by atoms with Crippen molar-refractivity contribution >= 4 is 17.7 Å². The van der Waals surface area contributed by atoms with Crippen LogP contribution >= 0.6 is 11.8 Å². The van der Waals surface area contributed by atoms with Gasteiger partial charge in [0.25, 0.3) is 0 Å². The molecule has 19 heavy (non-hydrogen) atoms. The molecule has 2 unspecified atom stereocenters. The van der Waals surface area contributed by atoms with Crippen molar-refractivity contribution < 1.29 is 4.79 Å². The van der Waals surface area contributed by atoms with E-state index in [1.807, 2.05) is 29.7 Å². The number of nitrogens with zero attached hydrogens (tertiary/aromatic N) is 1. The monoisotopic (exact) mass is 278 g/mol. The lowest BCUT2D eigenvalue weighted by Gasteiger charge is -2.20. The van der Waals surface area contributed by atoms with Crippen LogP contribution in [0.4, 0.5) is 0 Å². The molecule has 0 saturated carbocycles. The number of hydrogen-bond acceptors (Lipinski definition) is 3. The van der Waals surface area contributed by atoms with E-state index in [1.54, 1.807) is 0 Å². The molecule has 1 amide bonds. The van der Waals surface area contributed by atoms with Crippen LogP contribution in [-0.4, -0.2) is 36.2 Å². The number of carbonyl (C=O) groups is 1. The Morgan fingerprint density at radius 1 is 1.47 bits per heavy atom. The lowest BCUT2D eigenvalue weighted by atomic mass is 10.1. The van der Waals surface area contributed by atoms with Crippen LogP contribution in [0.2, 0.25) is 0 Å². The molecule has 0 aromatic heterocycles. The van der Waals surface area contributed by atoms with Crippen LogP contribution in [0, 0.1) is 11.8 Å². The highest BCUT2D eigenvalue weighted by Crippen LogP contribution is 2.26. The first-order valence-electron chi connectivity index (χ1n) is 6.87. The molecule has 2 atom stereocenters. The quantitative estimate of drug-likeness (QED) is 0.840. The van der Waals surface area contributed by atoms with Crippen LogP contribution in [0.5, 0.6) is 0 Å². The zero-order chi connectivity index (χ0) is 13.7. The number of nitrogens with two attached hydrogens (primary N) is 1. The lowest BCUT2D eigenvalue weighted by Crippen LogP contribution is -2.36. The summed E-state index contributed by atoms with van der Waals surface area (Å²) in [5.74, 6) is 1.87. The third kappa shape index (κ3) is 3.98. The Balaban J connectivity index is 1.78. The smallest absolute Gasteiger partial charge is 0.226 e. The highest BCUT2D eigenvalue weighted by atomic mass is 32.2. The van der Waals surface area contributed by atoms with Gasteiger partial charge in [-0.15, -0.1) is 11.8 Å². The van der Waals surface area contributed by atoms with Crippen LogP contribution in [-0.2, 0) is 4.79 Å². The van der Waals surface area contributed by atoms with Gasteiger partial charge >= 0.3 is 0 Å². The maximum atomic E-state index is 12.0. The molecular weight excluding hydrogens is 256 g/mol. The number of thioether (sulfide) groups is 1. The standard InChI is InChI=1S/C15H22N2OS/c1-12(9-16)15(18)17-8-7-13(10-17)11-19-14-5-3-2-4-6-14/h2-6,12-13H,7-11,16H2,1H3. The summed E-state index contributed by atoms with van der Waals surface area (Å²) >= 11 is 1.88. The van der Waals surface area contributed by atoms with Gasteiger partial charge in [-0.05, 0) is 24.5 Å². The number of rotatable bonds is 5. The summed E-state index contributed by atoms with van der Waals surface area (Å²) in [6.07, 6.45) is 1.11. The molecule has 1 heterocycles. The lowest BCUT2D eigenvalue weighted by molar-refractivity contribution is -0.133. The predicted octanol–water partition coefficient (Wildman–Crippen LogP) is 2.22. The largest absolute Gasteiger partial charge is 0.342 e. The van der Waals surface area contributed by atoms with Crippen molar-refractivity contribution in [3.05, 3.63) is 30.3 Å². The second-order valence-corrected chi connectivity index (χ2v) is 6.29. The van der Waals surface area contributed by atoms with E-state index in [0.29, 0.717) is 12.5 Å². The molecule has 104 valence electrons. The normalized spacial score (nSPS) is 20.5. The van der Waals surface area contributed by atoms with Gasteiger partial charge in [0.05, 0.1) is 0 Å². The Morgan fingerprint density at radius 2 is 2.21 bits per heavy atom. The van der Waals surface area contributed by atoms with Crippen molar-refractivity contribution in [2.75, 3.05) is 25.4 Å². The molecule has 1 saturated heterocycles. The number of carbonyl (C=O) groups excluding carboxylic acids is 1. The van der Waals surface area contributed by atoms with Crippen LogP contribution in [0.25, 0.3) is 0 Å². The highest BCUT2D eigenvalue weighted by molar-refractivity contribution is 7.99. The average Bonchev–Trinajstić information content (AvgIpc) is 2.93. The first-order valence-corrected chi connectivity index (χ1v) is 7.86. The minimum absolute atomic E-state index is 0.0412. The van der Waals surface area contributed by atoms with E-state index < -0.39 is 0 Å². The van der Waals surface area contributed by atoms with E-state index >= 15 is 0 Å². The first kappa shape index (κ1) is 14.4. The molecule has 0 bridgehead atoms. The zero-order valence-electron chi connectivity index (χ0n) is 11.4. The Bertz CT molecular complexity index is 410. The van der Waals surface area contributed by atoms with Gasteiger partial charge in [-0.3, -0.25) is 4.79 Å². The minimum Gasteiger partial charge on any atom is -0.342 e. The zero-order valence-corrected chi connectivity index (χ0v) is 12.2. The van der Waals surface area contributed by atoms with Crippen molar-refractivity contribution in [3.63, 3.8) is 0 Å². The number of likely N-dealkylation sites (tertiary alicyclic amines) is 1. The van der Waals surface area contributed by atoms with E-state index in [0.717, 1.165) is 25.3 Å². The predicted molar refractivity (Wildman–Crippen MR) is 80.1 cm³/mol. The summed E-state index contributed by atoms with van der Waals surface area (Å²) in [6, 6.07) is 10.4. The molecule has 1 aliphatic rings. The van der Waals surface area contributed by atoms with E-state index in [4.69, 9.17) is 5.73 Å². The maximum absolute atomic E-state index is 12.0. The van der Waals surface area contributed by atoms with Gasteiger partial charge in [0, 0.05) is 36.2 Å². The molecule has 4 heteroatoms. The van der Waals surface area contributed by atoms with E-state index in [-0.39, 0.29) is 11.8 Å². The topological polar surface area (TPSA) is 46.3 Å². The molecule has 1 aromatic rings. The molecule has 0 spiro atoms. The number of hydrogen-bond donors (Lipinski definition) is 1. The van der Waals surface area contributed by atoms with Gasteiger partial charge in [-0.1, -0.05) is 25.1 Å². The molecule has 1 aliphatic heterocycles. The summed E-state index contributed by atoms with van der Waals surface area (Å²) in [4.78, 5) is 15.3. The van der Waals surface area contributed by atoms with E-state index in [9.17, 15) is 4.79 Å². The third-order valence-corrected chi connectivity index (χ3v) is 4.85. The van der Waals surface area contributed by atoms with Gasteiger partial charge < -0.3 is 10.6 Å². The molecular formula is C15H22N2OS. The fraction of sp³-hybridized carbons (Fsp3) is 0.533. The van der Waals surface area contributed by atoms with Crippen molar-refractivity contribution in [2.24, 2.45) is 17.6 Å². The van der Waals surface area contributed by atoms with Gasteiger partial charge in [-0.2, -0.15) is 0 Å². The van der Waals surface area contributed by atoms with Crippen molar-refractivity contribution in [1.29, 1.82) is 0 Å². The number of amides is 1. The van der Waals surface area contributed by atoms with Crippen molar-refractivity contribution in [2.45, 2.75) is 18.2 Å². The Kier molecular flexibility index (Phi) is 5.28.